The fourth-order valence-corrected chi connectivity index (χ4v) is 5.13. The average molecular weight is 446 g/mol. The number of fused-ring (bicyclic) bond motifs is 1. The zero-order valence-electron chi connectivity index (χ0n) is 18.8. The minimum Gasteiger partial charge on any atom is -0.343 e. The quantitative estimate of drug-likeness (QED) is 0.578. The number of benzene rings is 1. The van der Waals surface area contributed by atoms with Crippen molar-refractivity contribution in [2.45, 2.75) is 30.7 Å². The van der Waals surface area contributed by atoms with E-state index in [9.17, 15) is 14.4 Å². The molecule has 0 bridgehead atoms. The smallest absolute Gasteiger partial charge is 0.326 e. The van der Waals surface area contributed by atoms with Crippen LogP contribution in [0.1, 0.15) is 30.5 Å². The van der Waals surface area contributed by atoms with Crippen molar-refractivity contribution in [2.75, 3.05) is 27.2 Å². The number of rotatable bonds is 4. The fraction of sp³-hybridized carbons (Fsp3) is 0.360. The molecule has 33 heavy (non-hydrogen) atoms. The van der Waals surface area contributed by atoms with Crippen LogP contribution in [0, 0.1) is 0 Å². The molecule has 0 saturated carbocycles. The van der Waals surface area contributed by atoms with Crippen LogP contribution < -0.4 is 0 Å². The summed E-state index contributed by atoms with van der Waals surface area (Å²) in [6, 6.07) is 15.2. The standard InChI is InChI=1S/C25H27N5O3/c1-27-19(23(32)28(2)24(27)33)16-22(31)29-14-11-25(12-15-29,18-8-4-3-5-9-18)20-17-30-13-7-6-10-21(30)26-20/h3-10,13,17,19H,11-12,14-16H2,1-2H3. The molecule has 0 aliphatic carbocycles. The third kappa shape index (κ3) is 3.46. The van der Waals surface area contributed by atoms with Crippen LogP contribution in [-0.4, -0.2) is 75.2 Å². The number of hydrogen-bond acceptors (Lipinski definition) is 4. The molecule has 4 amide bonds. The maximum atomic E-state index is 13.1. The molecule has 5 rings (SSSR count). The number of pyridine rings is 1. The number of piperidine rings is 1. The predicted octanol–water partition coefficient (Wildman–Crippen LogP) is 2.53. The summed E-state index contributed by atoms with van der Waals surface area (Å²) >= 11 is 0. The minimum absolute atomic E-state index is 0.0120. The Morgan fingerprint density at radius 3 is 2.36 bits per heavy atom. The number of imidazole rings is 1. The summed E-state index contributed by atoms with van der Waals surface area (Å²) in [5, 5.41) is 0. The first-order valence-electron chi connectivity index (χ1n) is 11.2. The van der Waals surface area contributed by atoms with Gasteiger partial charge in [-0.05, 0) is 30.5 Å². The molecule has 2 aromatic heterocycles. The van der Waals surface area contributed by atoms with Crippen LogP contribution in [0.25, 0.3) is 5.65 Å². The molecule has 0 spiro atoms. The molecule has 2 aliphatic heterocycles. The summed E-state index contributed by atoms with van der Waals surface area (Å²) in [7, 11) is 3.03. The Labute approximate surface area is 192 Å². The summed E-state index contributed by atoms with van der Waals surface area (Å²) in [6.45, 7) is 1.13. The lowest BCUT2D eigenvalue weighted by Crippen LogP contribution is -2.47. The van der Waals surface area contributed by atoms with Crippen LogP contribution in [0.4, 0.5) is 4.79 Å². The van der Waals surface area contributed by atoms with E-state index >= 15 is 0 Å². The highest BCUT2D eigenvalue weighted by molar-refractivity contribution is 6.05. The molecule has 2 fully saturated rings. The average Bonchev–Trinajstić information content (AvgIpc) is 3.37. The second-order valence-corrected chi connectivity index (χ2v) is 8.93. The Balaban J connectivity index is 1.38. The first-order valence-corrected chi connectivity index (χ1v) is 11.2. The van der Waals surface area contributed by atoms with Crippen molar-refractivity contribution in [3.63, 3.8) is 0 Å². The number of nitrogens with zero attached hydrogens (tertiary/aromatic N) is 5. The van der Waals surface area contributed by atoms with E-state index in [0.29, 0.717) is 13.1 Å². The lowest BCUT2D eigenvalue weighted by Gasteiger charge is -2.41. The van der Waals surface area contributed by atoms with E-state index in [0.717, 1.165) is 29.1 Å². The van der Waals surface area contributed by atoms with Crippen molar-refractivity contribution in [1.29, 1.82) is 0 Å². The molecular formula is C25H27N5O3. The van der Waals surface area contributed by atoms with Gasteiger partial charge < -0.3 is 14.2 Å². The maximum Gasteiger partial charge on any atom is 0.326 e. The van der Waals surface area contributed by atoms with Crippen molar-refractivity contribution in [3.8, 4) is 0 Å². The van der Waals surface area contributed by atoms with E-state index in [4.69, 9.17) is 4.98 Å². The van der Waals surface area contributed by atoms with E-state index in [-0.39, 0.29) is 29.7 Å². The summed E-state index contributed by atoms with van der Waals surface area (Å²) in [4.78, 5) is 46.7. The van der Waals surface area contributed by atoms with Crippen LogP contribution in [0.2, 0.25) is 0 Å². The van der Waals surface area contributed by atoms with E-state index in [1.807, 2.05) is 51.9 Å². The van der Waals surface area contributed by atoms with E-state index in [1.54, 1.807) is 7.05 Å². The Bertz CT molecular complexity index is 1180. The number of aromatic nitrogens is 2. The van der Waals surface area contributed by atoms with Crippen molar-refractivity contribution < 1.29 is 14.4 Å². The van der Waals surface area contributed by atoms with Crippen LogP contribution in [0.15, 0.2) is 60.9 Å². The maximum absolute atomic E-state index is 13.1. The summed E-state index contributed by atoms with van der Waals surface area (Å²) in [5.74, 6) is -0.420. The van der Waals surface area contributed by atoms with E-state index < -0.39 is 6.04 Å². The lowest BCUT2D eigenvalue weighted by atomic mass is 9.70. The molecule has 170 valence electrons. The monoisotopic (exact) mass is 445 g/mol. The number of likely N-dealkylation sites (N-methyl/N-ethyl adjacent to an activating group) is 2. The Morgan fingerprint density at radius 1 is 1.03 bits per heavy atom. The van der Waals surface area contributed by atoms with Gasteiger partial charge in [-0.25, -0.2) is 9.78 Å². The molecule has 3 aromatic rings. The summed E-state index contributed by atoms with van der Waals surface area (Å²) < 4.78 is 2.03. The SMILES string of the molecule is CN1C(=O)C(CC(=O)N2CCC(c3ccccc3)(c3cn4ccccc4n3)CC2)N(C)C1=O. The molecule has 0 N–H and O–H groups in total. The van der Waals surface area contributed by atoms with Gasteiger partial charge in [0.1, 0.15) is 11.7 Å². The zero-order chi connectivity index (χ0) is 23.2. The molecule has 1 unspecified atom stereocenters. The fourth-order valence-electron chi connectivity index (χ4n) is 5.13. The molecule has 8 nitrogen and oxygen atoms in total. The van der Waals surface area contributed by atoms with Crippen molar-refractivity contribution in [2.24, 2.45) is 0 Å². The Hall–Kier alpha value is -3.68. The van der Waals surface area contributed by atoms with Crippen LogP contribution in [0.5, 0.6) is 0 Å². The topological polar surface area (TPSA) is 78.2 Å². The first-order chi connectivity index (χ1) is 15.9. The van der Waals surface area contributed by atoms with Crippen molar-refractivity contribution >= 4 is 23.5 Å². The van der Waals surface area contributed by atoms with Crippen LogP contribution in [-0.2, 0) is 15.0 Å². The second kappa shape index (κ2) is 8.03. The van der Waals surface area contributed by atoms with Gasteiger partial charge in [-0.15, -0.1) is 0 Å². The number of carbonyl (C=O) groups excluding carboxylic acids is 3. The van der Waals surface area contributed by atoms with Crippen LogP contribution in [0.3, 0.4) is 0 Å². The van der Waals surface area contributed by atoms with E-state index in [1.165, 1.54) is 17.5 Å². The Kier molecular flexibility index (Phi) is 5.15. The molecule has 0 radical (unpaired) electrons. The number of likely N-dealkylation sites (tertiary alicyclic amines) is 1. The molecule has 4 heterocycles. The van der Waals surface area contributed by atoms with Gasteiger partial charge in [0.2, 0.25) is 5.91 Å². The third-order valence-electron chi connectivity index (χ3n) is 7.19. The molecular weight excluding hydrogens is 418 g/mol. The molecule has 2 aliphatic rings. The largest absolute Gasteiger partial charge is 0.343 e. The highest BCUT2D eigenvalue weighted by Gasteiger charge is 2.44. The number of carbonyl (C=O) groups is 3. The lowest BCUT2D eigenvalue weighted by molar-refractivity contribution is -0.137. The summed E-state index contributed by atoms with van der Waals surface area (Å²) in [6.07, 6.45) is 5.57. The van der Waals surface area contributed by atoms with Gasteiger partial charge in [-0.1, -0.05) is 36.4 Å². The van der Waals surface area contributed by atoms with Crippen molar-refractivity contribution in [3.05, 3.63) is 72.2 Å². The van der Waals surface area contributed by atoms with Gasteiger partial charge in [0.25, 0.3) is 5.91 Å². The van der Waals surface area contributed by atoms with Gasteiger partial charge in [0.05, 0.1) is 12.1 Å². The van der Waals surface area contributed by atoms with Gasteiger partial charge in [0, 0.05) is 45.0 Å². The highest BCUT2D eigenvalue weighted by atomic mass is 16.2. The molecule has 8 heteroatoms. The van der Waals surface area contributed by atoms with Gasteiger partial charge in [-0.3, -0.25) is 14.5 Å². The third-order valence-corrected chi connectivity index (χ3v) is 7.19. The number of urea groups is 1. The van der Waals surface area contributed by atoms with Crippen molar-refractivity contribution in [1.82, 2.24) is 24.1 Å². The van der Waals surface area contributed by atoms with Gasteiger partial charge >= 0.3 is 6.03 Å². The molecule has 1 aromatic carbocycles. The Morgan fingerprint density at radius 2 is 1.73 bits per heavy atom. The molecule has 1 atom stereocenters. The molecule has 2 saturated heterocycles. The first kappa shape index (κ1) is 21.2. The van der Waals surface area contributed by atoms with Gasteiger partial charge in [0.15, 0.2) is 0 Å². The highest BCUT2D eigenvalue weighted by Crippen LogP contribution is 2.41. The van der Waals surface area contributed by atoms with Crippen LogP contribution >= 0.6 is 0 Å². The summed E-state index contributed by atoms with van der Waals surface area (Å²) in [5.41, 5.74) is 2.81. The second-order valence-electron chi connectivity index (χ2n) is 8.93. The van der Waals surface area contributed by atoms with Gasteiger partial charge in [-0.2, -0.15) is 0 Å². The zero-order valence-corrected chi connectivity index (χ0v) is 18.8. The minimum atomic E-state index is -0.728. The number of imide groups is 1. The number of amides is 4. The number of hydrogen-bond donors (Lipinski definition) is 0. The predicted molar refractivity (Wildman–Crippen MR) is 123 cm³/mol. The normalized spacial score (nSPS) is 20.7. The van der Waals surface area contributed by atoms with E-state index in [2.05, 4.69) is 18.3 Å².